The molecular formula is C94H108Cl5FN20O22. The number of para-hydroxylation sites is 4. The number of rotatable bonds is 14. The number of nitrogens with two attached hydrogens (primary N) is 2. The van der Waals surface area contributed by atoms with E-state index in [1.165, 1.54) is 24.5 Å². The molecule has 142 heavy (non-hydrogen) atoms. The maximum atomic E-state index is 13.0. The number of aryl methyl sites for hydroxylation is 1. The highest BCUT2D eigenvalue weighted by molar-refractivity contribution is 6.68. The van der Waals surface area contributed by atoms with Crippen molar-refractivity contribution in [3.8, 4) is 17.2 Å². The van der Waals surface area contributed by atoms with Gasteiger partial charge in [-0.3, -0.25) is 63.1 Å². The summed E-state index contributed by atoms with van der Waals surface area (Å²) in [6.45, 7) is 28.7. The molecule has 0 aliphatic carbocycles. The van der Waals surface area contributed by atoms with Gasteiger partial charge in [0.05, 0.1) is 55.1 Å². The molecule has 4 aliphatic heterocycles. The molecule has 6 amide bonds. The minimum absolute atomic E-state index is 0.0123. The summed E-state index contributed by atoms with van der Waals surface area (Å²) in [5, 5.41) is 34.0. The Morgan fingerprint density at radius 2 is 0.859 bits per heavy atom. The number of anilines is 4. The van der Waals surface area contributed by atoms with Gasteiger partial charge in [0.15, 0.2) is 23.0 Å². The van der Waals surface area contributed by atoms with E-state index < -0.39 is 71.5 Å². The lowest BCUT2D eigenvalue weighted by Crippen LogP contribution is -2.44. The molecule has 6 aromatic carbocycles. The monoisotopic (exact) mass is 2060 g/mol. The van der Waals surface area contributed by atoms with Crippen LogP contribution in [0.25, 0.3) is 33.1 Å². The molecule has 4 aliphatic rings. The van der Waals surface area contributed by atoms with Gasteiger partial charge in [-0.2, -0.15) is 0 Å². The first-order valence-corrected chi connectivity index (χ1v) is 46.4. The third kappa shape index (κ3) is 31.9. The van der Waals surface area contributed by atoms with Crippen LogP contribution in [0.5, 0.6) is 17.2 Å². The molecule has 0 radical (unpaired) electrons. The van der Waals surface area contributed by atoms with Gasteiger partial charge < -0.3 is 89.6 Å². The van der Waals surface area contributed by atoms with Gasteiger partial charge in [0.2, 0.25) is 5.95 Å². The number of aromatic amines is 3. The number of aliphatic hydroxyl groups excluding tert-OH is 1. The molecule has 0 bridgehead atoms. The number of imidazole rings is 5. The summed E-state index contributed by atoms with van der Waals surface area (Å²) >= 11 is 27.8. The number of fused-ring (bicyclic) bond motifs is 4. The number of piperidine rings is 4. The lowest BCUT2D eigenvalue weighted by Gasteiger charge is -2.33. The highest BCUT2D eigenvalue weighted by Gasteiger charge is 2.34. The van der Waals surface area contributed by atoms with Crippen LogP contribution in [0.4, 0.5) is 58.2 Å². The van der Waals surface area contributed by atoms with Crippen LogP contribution >= 0.6 is 58.0 Å². The first-order chi connectivity index (χ1) is 66.7. The van der Waals surface area contributed by atoms with E-state index in [1.54, 1.807) is 49.9 Å². The molecule has 0 atom stereocenters. The largest absolute Gasteiger partial charge is 0.490 e. The minimum Gasteiger partial charge on any atom is -0.490 e. The third-order valence-corrected chi connectivity index (χ3v) is 22.1. The van der Waals surface area contributed by atoms with Gasteiger partial charge in [-0.15, -0.1) is 0 Å². The van der Waals surface area contributed by atoms with E-state index in [-0.39, 0.29) is 110 Å². The van der Waals surface area contributed by atoms with E-state index in [0.29, 0.717) is 136 Å². The molecule has 10 heterocycles. The van der Waals surface area contributed by atoms with E-state index in [1.807, 2.05) is 145 Å². The number of H-pyrrole nitrogens is 3. The molecule has 48 heteroatoms. The normalized spacial score (nSPS) is 14.3. The van der Waals surface area contributed by atoms with E-state index in [0.717, 1.165) is 74.6 Å². The predicted molar refractivity (Wildman–Crippen MR) is 530 cm³/mol. The van der Waals surface area contributed by atoms with Gasteiger partial charge in [0.25, 0.3) is 44.8 Å². The minimum atomic E-state index is -0.975. The van der Waals surface area contributed by atoms with E-state index >= 15 is 0 Å². The van der Waals surface area contributed by atoms with Crippen LogP contribution in [0, 0.1) is 33.0 Å². The fraction of sp³-hybridized carbons (Fsp3) is 0.394. The van der Waals surface area contributed by atoms with Crippen LogP contribution in [0.2, 0.25) is 15.1 Å². The number of ether oxygens (including phenoxy) is 7. The zero-order chi connectivity index (χ0) is 104. The molecule has 16 rings (SSSR count). The van der Waals surface area contributed by atoms with Crippen molar-refractivity contribution >= 4 is 172 Å². The molecule has 0 saturated carbocycles. The Balaban J connectivity index is 0.000000179. The number of nitro groups is 2. The van der Waals surface area contributed by atoms with Crippen molar-refractivity contribution in [2.45, 2.75) is 188 Å². The van der Waals surface area contributed by atoms with Gasteiger partial charge in [0.1, 0.15) is 103 Å². The van der Waals surface area contributed by atoms with Gasteiger partial charge in [-0.1, -0.05) is 59.1 Å². The average molecular weight is 2070 g/mol. The zero-order valence-corrected chi connectivity index (χ0v) is 83.4. The fourth-order valence-corrected chi connectivity index (χ4v) is 15.0. The lowest BCUT2D eigenvalue weighted by atomic mass is 10.1. The number of aromatic nitrogens is 10. The number of benzene rings is 6. The molecule has 0 spiro atoms. The quantitative estimate of drug-likeness (QED) is 0.0165. The smallest absolute Gasteiger partial charge is 0.410 e. The second-order valence-corrected chi connectivity index (χ2v) is 38.4. The summed E-state index contributed by atoms with van der Waals surface area (Å²) in [6.07, 6.45) is 7.32. The maximum absolute atomic E-state index is 13.0. The van der Waals surface area contributed by atoms with Crippen LogP contribution in [0.1, 0.15) is 182 Å². The number of nitrogen functional groups attached to an aromatic ring is 2. The number of carbonyl (C=O) groups excluding carboxylic acids is 8. The molecule has 0 unspecified atom stereocenters. The van der Waals surface area contributed by atoms with Crippen LogP contribution in [0.3, 0.4) is 0 Å². The Morgan fingerprint density at radius 1 is 0.479 bits per heavy atom. The third-order valence-electron chi connectivity index (χ3n) is 20.8. The summed E-state index contributed by atoms with van der Waals surface area (Å²) in [6, 6.07) is 33.0. The number of likely N-dealkylation sites (tertiary alicyclic amines) is 4. The van der Waals surface area contributed by atoms with Gasteiger partial charge in [-0.25, -0.2) is 48.5 Å². The molecule has 12 aromatic rings. The lowest BCUT2D eigenvalue weighted by molar-refractivity contribution is -0.384. The topological polar surface area (TPSA) is 552 Å². The molecule has 4 saturated heterocycles. The van der Waals surface area contributed by atoms with Crippen LogP contribution in [-0.2, 0) is 18.9 Å². The molecule has 10 N–H and O–H groups in total. The number of hydrogen-bond acceptors (Lipinski definition) is 29. The number of nitrogens with one attached hydrogen (secondary N) is 5. The van der Waals surface area contributed by atoms with Crippen molar-refractivity contribution in [3.63, 3.8) is 0 Å². The molecule has 4 fully saturated rings. The van der Waals surface area contributed by atoms with Crippen molar-refractivity contribution in [2.24, 2.45) is 0 Å². The fourth-order valence-electron chi connectivity index (χ4n) is 14.1. The van der Waals surface area contributed by atoms with Crippen LogP contribution in [-0.4, -0.2) is 229 Å². The van der Waals surface area contributed by atoms with Crippen LogP contribution in [0.15, 0.2) is 150 Å². The summed E-state index contributed by atoms with van der Waals surface area (Å²) in [7, 11) is 0. The van der Waals surface area contributed by atoms with Crippen molar-refractivity contribution in [2.75, 3.05) is 74.5 Å². The van der Waals surface area contributed by atoms with Gasteiger partial charge >= 0.3 is 24.4 Å². The second-order valence-electron chi connectivity index (χ2n) is 36.5. The number of carbonyl (C=O) groups is 8. The predicted octanol–water partition coefficient (Wildman–Crippen LogP) is 17.4. The summed E-state index contributed by atoms with van der Waals surface area (Å²) in [5.41, 5.74) is 11.2. The second kappa shape index (κ2) is 48.3. The van der Waals surface area contributed by atoms with Crippen molar-refractivity contribution in [1.29, 1.82) is 0 Å². The highest BCUT2D eigenvalue weighted by Crippen LogP contribution is 2.34. The number of halogens is 6. The molecule has 6 aromatic heterocycles. The van der Waals surface area contributed by atoms with Crippen molar-refractivity contribution in [3.05, 3.63) is 230 Å². The number of amides is 6. The Kier molecular flexibility index (Phi) is 37.3. The van der Waals surface area contributed by atoms with E-state index in [9.17, 15) is 77.7 Å². The van der Waals surface area contributed by atoms with Crippen LogP contribution < -0.4 is 47.4 Å². The van der Waals surface area contributed by atoms with Gasteiger partial charge in [-0.05, 0) is 204 Å². The summed E-state index contributed by atoms with van der Waals surface area (Å²) < 4.78 is 53.2. The Morgan fingerprint density at radius 3 is 1.25 bits per heavy atom. The van der Waals surface area contributed by atoms with Crippen molar-refractivity contribution in [1.82, 2.24) is 68.3 Å². The number of aliphatic hydroxyl groups is 1. The summed E-state index contributed by atoms with van der Waals surface area (Å²) in [5.74, 6) is 0.927. The zero-order valence-electron chi connectivity index (χ0n) is 79.7. The Labute approximate surface area is 837 Å². The molecular weight excluding hydrogens is 1960 g/mol. The highest BCUT2D eigenvalue weighted by atomic mass is 35.5. The number of nitro benzene ring substituents is 2. The Hall–Kier alpha value is -14.3. The van der Waals surface area contributed by atoms with E-state index in [2.05, 4.69) is 50.5 Å². The maximum Gasteiger partial charge on any atom is 0.410 e. The standard InChI is InChI=1S/C29H33N7O5.C16H21ClN2O5.C16H23ClN2O3.C10H2Cl2N4O4.C10H19NO3.C7H7N3.C6H3ClFNO2/c1-17-15-19(40-18-11-13-36(14-12-18)28(39)41-29(2,3)4)9-10-20(17)32-25(37)23-24(31-16-30-23)26(38)35-27-33-21-7-5-6-8-22(21)34-27;1-16(2,3)24-15(20)18-8-6-11(7-9-18)23-12-4-5-14(19(21)22)13(17)10-12;1-16(2,3)22-15(20)19-8-6-11(7-9-19)21-12-4-5-14(18)13(17)10-12;11-7(17)3-5-10(20)16-2-14-4(8(12)18)6(16)9(19)15(5)1-13-3;1-10(2,3)14-9(13)11-6-4-8(12)5-7-11;8-7-9-5-3-1-2-4-6(5)10-7;7-5-3-4(8)1-2-6(5)9(10)11/h5-10,15-16,18H,11-14H2,1-4H3,(H,30,31)(H,32,37)(H2,33,34,35,38);4-5,10-11H,6-9H2,1-3H3;4-5,10-11H,6-9,18H2,1-3H3;1-2H;8,12H,4-7H2,1-3H3;1-4H,(H3,8,9,10);1-3H. The van der Waals surface area contributed by atoms with E-state index in [4.69, 9.17) is 103 Å². The number of nitrogens with zero attached hydrogens (tertiary/aromatic N) is 13. The number of hydrogen-bond donors (Lipinski definition) is 8. The van der Waals surface area contributed by atoms with Crippen molar-refractivity contribution < 1.29 is 90.9 Å². The first kappa shape index (κ1) is 110. The molecule has 758 valence electrons. The SMILES string of the molecule is CC(C)(C)OC(=O)N1CCC(O)CC1.CC(C)(C)OC(=O)N1CCC(Oc2ccc(N)c(Cl)c2)CC1.CC(C)(C)OC(=O)N1CCC(Oc2ccc([N+](=O)[O-])c(Cl)c2)CC1.Cc1cc(OC2CCN(C(=O)OC(C)(C)C)CC2)ccc1NC(=O)c1nc[nH]c1C(=O)Nc1nc2ccccc2[nH]1.Nc1nc2ccccc2[nH]1.O=C(Cl)c1ncn2c(=O)c3c(C(=O)Cl)ncn3c(=O)c12.O=[N+]([O-])c1ccc(F)cc1Cl. The first-order valence-electron chi connectivity index (χ1n) is 44.5. The summed E-state index contributed by atoms with van der Waals surface area (Å²) in [4.78, 5) is 175. The van der Waals surface area contributed by atoms with Gasteiger partial charge in [0, 0.05) is 121 Å². The Bertz CT molecular complexity index is 6510. The average Bonchev–Trinajstić information content (AvgIpc) is 1.58. The molecule has 42 nitrogen and oxygen atoms in total.